The lowest BCUT2D eigenvalue weighted by Crippen LogP contribution is -2.44. The molecule has 3 atom stereocenters. The standard InChI is InChI=1S/C19H26N2O4/c1-13-10-20(11-14(2)25-13)12-15-5-7-16(8-6-15)18(22)21-9-3-4-17(21)19(23)24/h5-8,13-14,17H,3-4,9-12H2,1-2H3,(H,23,24)/t13?,14?,17-/m0/s1. The number of morpholine rings is 1. The number of likely N-dealkylation sites (tertiary alicyclic amines) is 1. The van der Waals surface area contributed by atoms with Crippen LogP contribution in [-0.2, 0) is 16.1 Å². The Morgan fingerprint density at radius 3 is 2.40 bits per heavy atom. The van der Waals surface area contributed by atoms with Crippen molar-refractivity contribution in [3.63, 3.8) is 0 Å². The molecule has 6 heteroatoms. The molecule has 2 aliphatic rings. The van der Waals surface area contributed by atoms with Gasteiger partial charge in [-0.3, -0.25) is 9.69 Å². The summed E-state index contributed by atoms with van der Waals surface area (Å²) in [7, 11) is 0. The van der Waals surface area contributed by atoms with Crippen LogP contribution in [0, 0.1) is 0 Å². The molecule has 1 amide bonds. The zero-order valence-electron chi connectivity index (χ0n) is 14.9. The number of carbonyl (C=O) groups excluding carboxylic acids is 1. The first-order valence-corrected chi connectivity index (χ1v) is 8.94. The summed E-state index contributed by atoms with van der Waals surface area (Å²) < 4.78 is 5.75. The Morgan fingerprint density at radius 1 is 1.16 bits per heavy atom. The Hall–Kier alpha value is -1.92. The number of hydrogen-bond acceptors (Lipinski definition) is 4. The van der Waals surface area contributed by atoms with Crippen LogP contribution in [-0.4, -0.2) is 64.7 Å². The number of aliphatic carboxylic acids is 1. The summed E-state index contributed by atoms with van der Waals surface area (Å²) in [5.74, 6) is -1.11. The van der Waals surface area contributed by atoms with E-state index in [0.717, 1.165) is 31.6 Å². The zero-order valence-corrected chi connectivity index (χ0v) is 14.9. The number of hydrogen-bond donors (Lipinski definition) is 1. The molecule has 1 aromatic carbocycles. The smallest absolute Gasteiger partial charge is 0.326 e. The molecule has 0 bridgehead atoms. The Bertz CT molecular complexity index is 621. The highest BCUT2D eigenvalue weighted by molar-refractivity contribution is 5.97. The third-order valence-electron chi connectivity index (χ3n) is 4.90. The van der Waals surface area contributed by atoms with Gasteiger partial charge in [-0.1, -0.05) is 12.1 Å². The van der Waals surface area contributed by atoms with E-state index in [1.807, 2.05) is 24.3 Å². The van der Waals surface area contributed by atoms with Crippen LogP contribution in [0.2, 0.25) is 0 Å². The van der Waals surface area contributed by atoms with E-state index >= 15 is 0 Å². The van der Waals surface area contributed by atoms with Crippen LogP contribution in [0.1, 0.15) is 42.6 Å². The Kier molecular flexibility index (Phi) is 5.39. The van der Waals surface area contributed by atoms with Gasteiger partial charge in [0.05, 0.1) is 12.2 Å². The average Bonchev–Trinajstić information content (AvgIpc) is 3.04. The maximum Gasteiger partial charge on any atom is 0.326 e. The van der Waals surface area contributed by atoms with Crippen LogP contribution < -0.4 is 0 Å². The summed E-state index contributed by atoms with van der Waals surface area (Å²) >= 11 is 0. The maximum absolute atomic E-state index is 12.6. The number of ether oxygens (including phenoxy) is 1. The lowest BCUT2D eigenvalue weighted by Gasteiger charge is -2.35. The first-order valence-electron chi connectivity index (χ1n) is 8.94. The Balaban J connectivity index is 1.64. The second kappa shape index (κ2) is 7.54. The van der Waals surface area contributed by atoms with E-state index in [-0.39, 0.29) is 18.1 Å². The first-order chi connectivity index (χ1) is 11.9. The van der Waals surface area contributed by atoms with E-state index in [4.69, 9.17) is 4.74 Å². The predicted octanol–water partition coefficient (Wildman–Crippen LogP) is 1.99. The summed E-state index contributed by atoms with van der Waals surface area (Å²) in [6.07, 6.45) is 1.74. The lowest BCUT2D eigenvalue weighted by molar-refractivity contribution is -0.141. The monoisotopic (exact) mass is 346 g/mol. The normalized spacial score (nSPS) is 27.4. The molecule has 2 fully saturated rings. The topological polar surface area (TPSA) is 70.1 Å². The summed E-state index contributed by atoms with van der Waals surface area (Å²) in [5.41, 5.74) is 1.70. The Labute approximate surface area is 148 Å². The fourth-order valence-corrected chi connectivity index (χ4v) is 3.86. The van der Waals surface area contributed by atoms with Gasteiger partial charge in [0.2, 0.25) is 0 Å². The molecule has 0 radical (unpaired) electrons. The summed E-state index contributed by atoms with van der Waals surface area (Å²) in [6, 6.07) is 6.85. The van der Waals surface area contributed by atoms with Crippen LogP contribution in [0.15, 0.2) is 24.3 Å². The lowest BCUT2D eigenvalue weighted by atomic mass is 10.1. The maximum atomic E-state index is 12.6. The minimum absolute atomic E-state index is 0.190. The van der Waals surface area contributed by atoms with Crippen molar-refractivity contribution in [2.45, 2.75) is 51.5 Å². The number of carboxylic acid groups (broad SMARTS) is 1. The van der Waals surface area contributed by atoms with Crippen molar-refractivity contribution in [1.29, 1.82) is 0 Å². The van der Waals surface area contributed by atoms with Crippen LogP contribution in [0.25, 0.3) is 0 Å². The number of benzene rings is 1. The molecule has 136 valence electrons. The minimum Gasteiger partial charge on any atom is -0.480 e. The summed E-state index contributed by atoms with van der Waals surface area (Å²) in [6.45, 7) is 7.31. The van der Waals surface area contributed by atoms with E-state index in [2.05, 4.69) is 18.7 Å². The van der Waals surface area contributed by atoms with Gasteiger partial charge in [0.25, 0.3) is 5.91 Å². The molecule has 1 N–H and O–H groups in total. The fraction of sp³-hybridized carbons (Fsp3) is 0.579. The zero-order chi connectivity index (χ0) is 18.0. The van der Waals surface area contributed by atoms with Gasteiger partial charge < -0.3 is 14.7 Å². The van der Waals surface area contributed by atoms with Gasteiger partial charge >= 0.3 is 5.97 Å². The molecule has 25 heavy (non-hydrogen) atoms. The molecule has 2 heterocycles. The van der Waals surface area contributed by atoms with Crippen molar-refractivity contribution in [3.05, 3.63) is 35.4 Å². The highest BCUT2D eigenvalue weighted by Gasteiger charge is 2.34. The van der Waals surface area contributed by atoms with Crippen molar-refractivity contribution in [2.24, 2.45) is 0 Å². The summed E-state index contributed by atoms with van der Waals surface area (Å²) in [5, 5.41) is 9.24. The molecule has 0 spiro atoms. The van der Waals surface area contributed by atoms with Gasteiger partial charge in [-0.25, -0.2) is 4.79 Å². The van der Waals surface area contributed by atoms with Crippen LogP contribution >= 0.6 is 0 Å². The van der Waals surface area contributed by atoms with E-state index in [1.165, 1.54) is 4.90 Å². The van der Waals surface area contributed by atoms with Crippen molar-refractivity contribution < 1.29 is 19.4 Å². The molecular formula is C19H26N2O4. The molecule has 0 saturated carbocycles. The quantitative estimate of drug-likeness (QED) is 0.903. The van der Waals surface area contributed by atoms with E-state index < -0.39 is 12.0 Å². The number of carboxylic acids is 1. The molecule has 2 unspecified atom stereocenters. The molecule has 2 saturated heterocycles. The molecule has 0 aromatic heterocycles. The molecule has 0 aliphatic carbocycles. The van der Waals surface area contributed by atoms with Gasteiger partial charge in [0.15, 0.2) is 0 Å². The number of amides is 1. The third-order valence-corrected chi connectivity index (χ3v) is 4.90. The van der Waals surface area contributed by atoms with Gasteiger partial charge in [-0.2, -0.15) is 0 Å². The Morgan fingerprint density at radius 2 is 1.80 bits per heavy atom. The molecule has 1 aromatic rings. The van der Waals surface area contributed by atoms with Crippen molar-refractivity contribution >= 4 is 11.9 Å². The second-order valence-electron chi connectivity index (χ2n) is 7.14. The third kappa shape index (κ3) is 4.19. The molecule has 3 rings (SSSR count). The molecular weight excluding hydrogens is 320 g/mol. The molecule has 2 aliphatic heterocycles. The average molecular weight is 346 g/mol. The van der Waals surface area contributed by atoms with Crippen molar-refractivity contribution in [2.75, 3.05) is 19.6 Å². The predicted molar refractivity (Wildman–Crippen MR) is 93.4 cm³/mol. The molecule has 6 nitrogen and oxygen atoms in total. The summed E-state index contributed by atoms with van der Waals surface area (Å²) in [4.78, 5) is 27.7. The highest BCUT2D eigenvalue weighted by Crippen LogP contribution is 2.21. The number of nitrogens with zero attached hydrogens (tertiary/aromatic N) is 2. The number of carbonyl (C=O) groups is 2. The first kappa shape index (κ1) is 17.9. The highest BCUT2D eigenvalue weighted by atomic mass is 16.5. The van der Waals surface area contributed by atoms with Crippen LogP contribution in [0.3, 0.4) is 0 Å². The van der Waals surface area contributed by atoms with Crippen molar-refractivity contribution in [1.82, 2.24) is 9.80 Å². The largest absolute Gasteiger partial charge is 0.480 e. The van der Waals surface area contributed by atoms with E-state index in [1.54, 1.807) is 0 Å². The SMILES string of the molecule is CC1CN(Cc2ccc(C(=O)N3CCC[C@H]3C(=O)O)cc2)CC(C)O1. The van der Waals surface area contributed by atoms with E-state index in [0.29, 0.717) is 18.5 Å². The van der Waals surface area contributed by atoms with Crippen LogP contribution in [0.5, 0.6) is 0 Å². The van der Waals surface area contributed by atoms with E-state index in [9.17, 15) is 14.7 Å². The van der Waals surface area contributed by atoms with Gasteiger partial charge in [0.1, 0.15) is 6.04 Å². The van der Waals surface area contributed by atoms with Crippen molar-refractivity contribution in [3.8, 4) is 0 Å². The van der Waals surface area contributed by atoms with Crippen LogP contribution in [0.4, 0.5) is 0 Å². The van der Waals surface area contributed by atoms with Gasteiger partial charge in [-0.15, -0.1) is 0 Å². The minimum atomic E-state index is -0.918. The fourth-order valence-electron chi connectivity index (χ4n) is 3.86. The number of rotatable bonds is 4. The van der Waals surface area contributed by atoms with Gasteiger partial charge in [-0.05, 0) is 44.4 Å². The second-order valence-corrected chi connectivity index (χ2v) is 7.14. The van der Waals surface area contributed by atoms with Gasteiger partial charge in [0, 0.05) is 31.7 Å².